The van der Waals surface area contributed by atoms with Gasteiger partial charge in [0.2, 0.25) is 0 Å². The van der Waals surface area contributed by atoms with Crippen molar-refractivity contribution in [1.29, 1.82) is 0 Å². The predicted octanol–water partition coefficient (Wildman–Crippen LogP) is 4.13. The predicted molar refractivity (Wildman–Crippen MR) is 90.0 cm³/mol. The molecule has 3 nitrogen and oxygen atoms in total. The van der Waals surface area contributed by atoms with E-state index in [0.717, 1.165) is 30.7 Å². The Morgan fingerprint density at radius 1 is 1.10 bits per heavy atom. The molecule has 0 saturated heterocycles. The van der Waals surface area contributed by atoms with Crippen LogP contribution in [0, 0.1) is 5.41 Å². The molecule has 0 amide bonds. The first-order valence-electron chi connectivity index (χ1n) is 8.28. The van der Waals surface area contributed by atoms with Gasteiger partial charge in [0.1, 0.15) is 0 Å². The molecule has 1 aromatic rings. The third kappa shape index (κ3) is 3.78. The Morgan fingerprint density at radius 3 is 2.43 bits per heavy atom. The summed E-state index contributed by atoms with van der Waals surface area (Å²) in [4.78, 5) is 4.58. The molecule has 1 fully saturated rings. The lowest BCUT2D eigenvalue weighted by Crippen LogP contribution is -2.44. The first-order chi connectivity index (χ1) is 10.1. The maximum atomic E-state index is 4.58. The number of aliphatic imine (C=N–C) groups is 1. The molecule has 0 aromatic heterocycles. The third-order valence-corrected chi connectivity index (χ3v) is 4.65. The van der Waals surface area contributed by atoms with Crippen LogP contribution in [-0.4, -0.2) is 19.0 Å². The molecular formula is C18H27N3. The maximum absolute atomic E-state index is 4.58. The Balaban J connectivity index is 1.61. The smallest absolute Gasteiger partial charge is 0.195 e. The van der Waals surface area contributed by atoms with E-state index in [-0.39, 0.29) is 5.41 Å². The third-order valence-electron chi connectivity index (χ3n) is 4.65. The van der Waals surface area contributed by atoms with Crippen molar-refractivity contribution in [3.63, 3.8) is 0 Å². The molecule has 0 bridgehead atoms. The van der Waals surface area contributed by atoms with E-state index in [2.05, 4.69) is 53.7 Å². The standard InChI is InChI=1S/C18H27N3/c1-18(2)12-19-17(20-13-18)21-16-10-8-15(9-11-16)14-6-4-3-5-7-14/h8-11,14H,3-7,12-13H2,1-2H3,(H2,19,20,21). The second-order valence-electron chi connectivity index (χ2n) is 7.26. The minimum atomic E-state index is 0.260. The normalized spacial score (nSPS) is 22.3. The van der Waals surface area contributed by atoms with Crippen LogP contribution in [0.4, 0.5) is 5.69 Å². The van der Waals surface area contributed by atoms with Crippen molar-refractivity contribution in [2.45, 2.75) is 51.9 Å². The van der Waals surface area contributed by atoms with E-state index in [0.29, 0.717) is 0 Å². The summed E-state index contributed by atoms with van der Waals surface area (Å²) in [5.74, 6) is 1.68. The molecule has 1 heterocycles. The lowest BCUT2D eigenvalue weighted by molar-refractivity contribution is 0.362. The van der Waals surface area contributed by atoms with E-state index >= 15 is 0 Å². The van der Waals surface area contributed by atoms with Crippen LogP contribution in [0.1, 0.15) is 57.4 Å². The Hall–Kier alpha value is -1.51. The van der Waals surface area contributed by atoms with Gasteiger partial charge in [-0.1, -0.05) is 45.2 Å². The van der Waals surface area contributed by atoms with Gasteiger partial charge in [-0.2, -0.15) is 0 Å². The van der Waals surface area contributed by atoms with Gasteiger partial charge in [0.15, 0.2) is 5.96 Å². The van der Waals surface area contributed by atoms with Crippen molar-refractivity contribution in [2.24, 2.45) is 10.4 Å². The fourth-order valence-corrected chi connectivity index (χ4v) is 3.22. The molecule has 1 aromatic carbocycles. The Kier molecular flexibility index (Phi) is 4.18. The molecule has 1 aliphatic carbocycles. The molecule has 2 N–H and O–H groups in total. The largest absolute Gasteiger partial charge is 0.356 e. The SMILES string of the molecule is CC1(C)CN=C(Nc2ccc(C3CCCCC3)cc2)NC1. The summed E-state index contributed by atoms with van der Waals surface area (Å²) in [6.07, 6.45) is 6.91. The van der Waals surface area contributed by atoms with Crippen LogP contribution in [-0.2, 0) is 0 Å². The number of hydrogen-bond acceptors (Lipinski definition) is 3. The minimum Gasteiger partial charge on any atom is -0.356 e. The Morgan fingerprint density at radius 2 is 1.81 bits per heavy atom. The van der Waals surface area contributed by atoms with E-state index in [4.69, 9.17) is 0 Å². The molecular weight excluding hydrogens is 258 g/mol. The zero-order valence-corrected chi connectivity index (χ0v) is 13.3. The highest BCUT2D eigenvalue weighted by Crippen LogP contribution is 2.33. The van der Waals surface area contributed by atoms with Crippen molar-refractivity contribution < 1.29 is 0 Å². The maximum Gasteiger partial charge on any atom is 0.195 e. The fourth-order valence-electron chi connectivity index (χ4n) is 3.22. The summed E-state index contributed by atoms with van der Waals surface area (Å²) in [7, 11) is 0. The van der Waals surface area contributed by atoms with Crippen LogP contribution in [0.3, 0.4) is 0 Å². The quantitative estimate of drug-likeness (QED) is 0.857. The molecule has 3 rings (SSSR count). The lowest BCUT2D eigenvalue weighted by atomic mass is 9.84. The number of anilines is 1. The summed E-state index contributed by atoms with van der Waals surface area (Å²) in [5, 5.41) is 6.76. The van der Waals surface area contributed by atoms with Crippen molar-refractivity contribution >= 4 is 11.6 Å². The van der Waals surface area contributed by atoms with Crippen LogP contribution in [0.2, 0.25) is 0 Å². The first-order valence-corrected chi connectivity index (χ1v) is 8.28. The van der Waals surface area contributed by atoms with Crippen LogP contribution in [0.15, 0.2) is 29.3 Å². The Bertz CT molecular complexity index is 496. The second kappa shape index (κ2) is 6.08. The first kappa shape index (κ1) is 14.4. The van der Waals surface area contributed by atoms with Crippen molar-refractivity contribution in [2.75, 3.05) is 18.4 Å². The van der Waals surface area contributed by atoms with Gasteiger partial charge in [-0.05, 0) is 36.5 Å². The van der Waals surface area contributed by atoms with E-state index < -0.39 is 0 Å². The molecule has 114 valence electrons. The number of rotatable bonds is 2. The van der Waals surface area contributed by atoms with Gasteiger partial charge in [0.25, 0.3) is 0 Å². The van der Waals surface area contributed by atoms with E-state index in [9.17, 15) is 0 Å². The number of nitrogens with one attached hydrogen (secondary N) is 2. The van der Waals surface area contributed by atoms with Crippen LogP contribution < -0.4 is 10.6 Å². The zero-order chi connectivity index (χ0) is 14.7. The van der Waals surface area contributed by atoms with E-state index in [1.54, 1.807) is 0 Å². The summed E-state index contributed by atoms with van der Waals surface area (Å²) in [5.41, 5.74) is 2.89. The molecule has 1 aliphatic heterocycles. The van der Waals surface area contributed by atoms with Crippen LogP contribution in [0.5, 0.6) is 0 Å². The van der Waals surface area contributed by atoms with E-state index in [1.165, 1.54) is 37.7 Å². The van der Waals surface area contributed by atoms with Gasteiger partial charge in [-0.25, -0.2) is 0 Å². The Labute approximate surface area is 128 Å². The van der Waals surface area contributed by atoms with Gasteiger partial charge >= 0.3 is 0 Å². The van der Waals surface area contributed by atoms with E-state index in [1.807, 2.05) is 0 Å². The molecule has 2 aliphatic rings. The van der Waals surface area contributed by atoms with Crippen LogP contribution >= 0.6 is 0 Å². The topological polar surface area (TPSA) is 36.4 Å². The highest BCUT2D eigenvalue weighted by molar-refractivity contribution is 5.94. The van der Waals surface area contributed by atoms with Crippen molar-refractivity contribution in [3.05, 3.63) is 29.8 Å². The zero-order valence-electron chi connectivity index (χ0n) is 13.3. The molecule has 1 saturated carbocycles. The highest BCUT2D eigenvalue weighted by atomic mass is 15.2. The van der Waals surface area contributed by atoms with Gasteiger partial charge in [-0.15, -0.1) is 0 Å². The summed E-state index contributed by atoms with van der Waals surface area (Å²) < 4.78 is 0. The number of guanidine groups is 1. The summed E-state index contributed by atoms with van der Waals surface area (Å²) in [6, 6.07) is 8.94. The number of benzene rings is 1. The lowest BCUT2D eigenvalue weighted by Gasteiger charge is -2.29. The van der Waals surface area contributed by atoms with Gasteiger partial charge in [0, 0.05) is 24.2 Å². The molecule has 21 heavy (non-hydrogen) atoms. The average Bonchev–Trinajstić information content (AvgIpc) is 2.51. The summed E-state index contributed by atoms with van der Waals surface area (Å²) in [6.45, 7) is 6.32. The molecule has 3 heteroatoms. The average molecular weight is 285 g/mol. The highest BCUT2D eigenvalue weighted by Gasteiger charge is 2.22. The second-order valence-corrected chi connectivity index (χ2v) is 7.26. The number of hydrogen-bond donors (Lipinski definition) is 2. The monoisotopic (exact) mass is 285 g/mol. The minimum absolute atomic E-state index is 0.260. The molecule has 0 spiro atoms. The van der Waals surface area contributed by atoms with Gasteiger partial charge < -0.3 is 10.6 Å². The van der Waals surface area contributed by atoms with Crippen LogP contribution in [0.25, 0.3) is 0 Å². The molecule has 0 radical (unpaired) electrons. The van der Waals surface area contributed by atoms with Crippen molar-refractivity contribution in [3.8, 4) is 0 Å². The molecule has 0 unspecified atom stereocenters. The molecule has 0 atom stereocenters. The summed E-state index contributed by atoms with van der Waals surface area (Å²) >= 11 is 0. The van der Waals surface area contributed by atoms with Gasteiger partial charge in [-0.3, -0.25) is 4.99 Å². The number of nitrogens with zero attached hydrogens (tertiary/aromatic N) is 1. The van der Waals surface area contributed by atoms with Gasteiger partial charge in [0.05, 0.1) is 0 Å². The van der Waals surface area contributed by atoms with Crippen molar-refractivity contribution in [1.82, 2.24) is 5.32 Å². The fraction of sp³-hybridized carbons (Fsp3) is 0.611.